The third-order valence-corrected chi connectivity index (χ3v) is 6.52. The quantitative estimate of drug-likeness (QED) is 0.805. The molecule has 154 valence electrons. The monoisotopic (exact) mass is 395 g/mol. The average Bonchev–Trinajstić information content (AvgIpc) is 3.23. The van der Waals surface area contributed by atoms with Crippen molar-refractivity contribution in [3.05, 3.63) is 71.5 Å². The zero-order chi connectivity index (χ0) is 20.3. The number of fused-ring (bicyclic) bond motifs is 1. The fourth-order valence-electron chi connectivity index (χ4n) is 5.07. The Hall–Kier alpha value is -2.40. The van der Waals surface area contributed by atoms with Crippen molar-refractivity contribution in [3.8, 4) is 0 Å². The van der Waals surface area contributed by atoms with Crippen LogP contribution in [0.25, 0.3) is 0 Å². The van der Waals surface area contributed by atoms with Crippen LogP contribution in [0.5, 0.6) is 0 Å². The van der Waals surface area contributed by atoms with Crippen LogP contribution in [0, 0.1) is 17.2 Å². The molecule has 2 atom stereocenters. The molecule has 2 aliphatic rings. The van der Waals surface area contributed by atoms with E-state index >= 15 is 0 Å². The summed E-state index contributed by atoms with van der Waals surface area (Å²) in [6.07, 6.45) is 2.11. The van der Waals surface area contributed by atoms with E-state index in [0.717, 1.165) is 51.1 Å². The molecule has 2 amide bonds. The van der Waals surface area contributed by atoms with Crippen LogP contribution in [0.15, 0.2) is 54.6 Å². The van der Waals surface area contributed by atoms with Crippen LogP contribution in [0.4, 0.5) is 9.18 Å². The fraction of sp³-hybridized carbons (Fsp3) is 0.458. The van der Waals surface area contributed by atoms with Gasteiger partial charge in [-0.25, -0.2) is 9.18 Å². The van der Waals surface area contributed by atoms with Gasteiger partial charge in [-0.05, 0) is 48.9 Å². The SMILES string of the molecule is CCNC(=O)N1CC2CN(Cc3ccc(F)cc3)CC2(CCc2ccccc2)C1. The summed E-state index contributed by atoms with van der Waals surface area (Å²) >= 11 is 0. The van der Waals surface area contributed by atoms with Crippen molar-refractivity contribution in [1.82, 2.24) is 15.1 Å². The first kappa shape index (κ1) is 19.9. The van der Waals surface area contributed by atoms with E-state index in [9.17, 15) is 9.18 Å². The number of halogens is 1. The Kier molecular flexibility index (Phi) is 5.86. The molecule has 29 heavy (non-hydrogen) atoms. The second-order valence-electron chi connectivity index (χ2n) is 8.56. The minimum Gasteiger partial charge on any atom is -0.338 e. The van der Waals surface area contributed by atoms with Crippen LogP contribution in [0.1, 0.15) is 24.5 Å². The Morgan fingerprint density at radius 2 is 1.83 bits per heavy atom. The average molecular weight is 396 g/mol. The first-order chi connectivity index (χ1) is 14.1. The molecule has 2 unspecified atom stereocenters. The molecule has 2 aromatic carbocycles. The molecule has 0 bridgehead atoms. The van der Waals surface area contributed by atoms with Crippen LogP contribution in [-0.4, -0.2) is 48.6 Å². The first-order valence-corrected chi connectivity index (χ1v) is 10.6. The summed E-state index contributed by atoms with van der Waals surface area (Å²) in [7, 11) is 0. The topological polar surface area (TPSA) is 35.6 Å². The number of carbonyl (C=O) groups is 1. The molecule has 2 aromatic rings. The van der Waals surface area contributed by atoms with Gasteiger partial charge in [-0.3, -0.25) is 4.90 Å². The predicted molar refractivity (Wildman–Crippen MR) is 113 cm³/mol. The van der Waals surface area contributed by atoms with E-state index in [2.05, 4.69) is 40.5 Å². The molecular weight excluding hydrogens is 365 g/mol. The number of rotatable bonds is 6. The highest BCUT2D eigenvalue weighted by molar-refractivity contribution is 5.74. The molecule has 5 heteroatoms. The third-order valence-electron chi connectivity index (χ3n) is 6.52. The molecule has 0 saturated carbocycles. The van der Waals surface area contributed by atoms with Gasteiger partial charge in [0.2, 0.25) is 0 Å². The smallest absolute Gasteiger partial charge is 0.317 e. The summed E-state index contributed by atoms with van der Waals surface area (Å²) in [5, 5.41) is 2.96. The van der Waals surface area contributed by atoms with Crippen LogP contribution < -0.4 is 5.32 Å². The van der Waals surface area contributed by atoms with E-state index in [1.165, 1.54) is 17.7 Å². The standard InChI is InChI=1S/C24H30FN3O/c1-2-26-23(29)28-16-21-15-27(14-20-8-10-22(25)11-9-20)17-24(21,18-28)13-12-19-6-4-3-5-7-19/h3-11,21H,2,12-18H2,1H3,(H,26,29). The van der Waals surface area contributed by atoms with Crippen molar-refractivity contribution in [2.75, 3.05) is 32.7 Å². The molecule has 2 saturated heterocycles. The highest BCUT2D eigenvalue weighted by Gasteiger charge is 2.52. The number of aryl methyl sites for hydroxylation is 1. The Morgan fingerprint density at radius 1 is 1.07 bits per heavy atom. The lowest BCUT2D eigenvalue weighted by Crippen LogP contribution is -2.42. The molecule has 2 aliphatic heterocycles. The van der Waals surface area contributed by atoms with Gasteiger partial charge in [0.15, 0.2) is 0 Å². The highest BCUT2D eigenvalue weighted by Crippen LogP contribution is 2.46. The van der Waals surface area contributed by atoms with Gasteiger partial charge in [0.25, 0.3) is 0 Å². The second kappa shape index (κ2) is 8.54. The zero-order valence-electron chi connectivity index (χ0n) is 17.1. The molecule has 0 aliphatic carbocycles. The van der Waals surface area contributed by atoms with Crippen molar-refractivity contribution in [1.29, 1.82) is 0 Å². The van der Waals surface area contributed by atoms with Gasteiger partial charge < -0.3 is 10.2 Å². The maximum Gasteiger partial charge on any atom is 0.317 e. The third kappa shape index (κ3) is 4.45. The maximum absolute atomic E-state index is 13.2. The molecule has 0 aromatic heterocycles. The molecule has 0 radical (unpaired) electrons. The molecule has 1 N–H and O–H groups in total. The highest BCUT2D eigenvalue weighted by atomic mass is 19.1. The van der Waals surface area contributed by atoms with Crippen LogP contribution in [0.3, 0.4) is 0 Å². The summed E-state index contributed by atoms with van der Waals surface area (Å²) in [5.74, 6) is 0.290. The Balaban J connectivity index is 1.47. The summed E-state index contributed by atoms with van der Waals surface area (Å²) in [6, 6.07) is 17.5. The Labute approximate surface area is 172 Å². The number of urea groups is 1. The fourth-order valence-corrected chi connectivity index (χ4v) is 5.07. The molecule has 4 rings (SSSR count). The van der Waals surface area contributed by atoms with Gasteiger partial charge in [0.1, 0.15) is 5.82 Å². The largest absolute Gasteiger partial charge is 0.338 e. The number of hydrogen-bond donors (Lipinski definition) is 1. The Morgan fingerprint density at radius 3 is 2.55 bits per heavy atom. The number of hydrogen-bond acceptors (Lipinski definition) is 2. The summed E-state index contributed by atoms with van der Waals surface area (Å²) in [6.45, 7) is 7.07. The molecular formula is C24H30FN3O. The minimum atomic E-state index is -0.191. The van der Waals surface area contributed by atoms with Crippen molar-refractivity contribution in [2.45, 2.75) is 26.3 Å². The van der Waals surface area contributed by atoms with Gasteiger partial charge in [-0.2, -0.15) is 0 Å². The number of carbonyl (C=O) groups excluding carboxylic acids is 1. The van der Waals surface area contributed by atoms with Crippen molar-refractivity contribution in [2.24, 2.45) is 11.3 Å². The van der Waals surface area contributed by atoms with E-state index in [-0.39, 0.29) is 17.3 Å². The lowest BCUT2D eigenvalue weighted by molar-refractivity contribution is 0.183. The van der Waals surface area contributed by atoms with Crippen molar-refractivity contribution in [3.63, 3.8) is 0 Å². The van der Waals surface area contributed by atoms with Crippen LogP contribution >= 0.6 is 0 Å². The Bertz CT molecular complexity index is 826. The van der Waals surface area contributed by atoms with Crippen molar-refractivity contribution >= 4 is 6.03 Å². The van der Waals surface area contributed by atoms with Gasteiger partial charge in [0, 0.05) is 44.7 Å². The van der Waals surface area contributed by atoms with E-state index < -0.39 is 0 Å². The summed E-state index contributed by atoms with van der Waals surface area (Å²) in [4.78, 5) is 17.0. The summed E-state index contributed by atoms with van der Waals surface area (Å²) < 4.78 is 13.2. The van der Waals surface area contributed by atoms with E-state index in [1.807, 2.05) is 24.0 Å². The molecule has 2 fully saturated rings. The van der Waals surface area contributed by atoms with Gasteiger partial charge in [0.05, 0.1) is 0 Å². The maximum atomic E-state index is 13.2. The lowest BCUT2D eigenvalue weighted by atomic mass is 9.76. The number of likely N-dealkylation sites (tertiary alicyclic amines) is 2. The number of amides is 2. The number of nitrogens with one attached hydrogen (secondary N) is 1. The predicted octanol–water partition coefficient (Wildman–Crippen LogP) is 3.92. The lowest BCUT2D eigenvalue weighted by Gasteiger charge is -2.30. The minimum absolute atomic E-state index is 0.0612. The zero-order valence-corrected chi connectivity index (χ0v) is 17.1. The summed E-state index contributed by atoms with van der Waals surface area (Å²) in [5.41, 5.74) is 2.63. The molecule has 2 heterocycles. The van der Waals surface area contributed by atoms with Gasteiger partial charge in [-0.15, -0.1) is 0 Å². The van der Waals surface area contributed by atoms with Crippen LogP contribution in [-0.2, 0) is 13.0 Å². The van der Waals surface area contributed by atoms with Crippen molar-refractivity contribution < 1.29 is 9.18 Å². The van der Waals surface area contributed by atoms with Gasteiger partial charge >= 0.3 is 6.03 Å². The first-order valence-electron chi connectivity index (χ1n) is 10.6. The second-order valence-corrected chi connectivity index (χ2v) is 8.56. The normalized spacial score (nSPS) is 23.9. The number of benzene rings is 2. The number of nitrogens with zero attached hydrogens (tertiary/aromatic N) is 2. The molecule has 0 spiro atoms. The molecule has 4 nitrogen and oxygen atoms in total. The van der Waals surface area contributed by atoms with E-state index in [4.69, 9.17) is 0 Å². The van der Waals surface area contributed by atoms with Gasteiger partial charge in [-0.1, -0.05) is 42.5 Å². The van der Waals surface area contributed by atoms with Crippen LogP contribution in [0.2, 0.25) is 0 Å². The van der Waals surface area contributed by atoms with E-state index in [0.29, 0.717) is 12.5 Å². The van der Waals surface area contributed by atoms with E-state index in [1.54, 1.807) is 0 Å².